The second-order valence-corrected chi connectivity index (χ2v) is 4.60. The zero-order valence-corrected chi connectivity index (χ0v) is 9.61. The number of benzene rings is 1. The number of nitrogens with one attached hydrogen (secondary N) is 2. The molecule has 0 saturated carbocycles. The fraction of sp³-hybridized carbons (Fsp3) is 0.250. The number of nitro groups is 1. The van der Waals surface area contributed by atoms with Crippen molar-refractivity contribution in [1.82, 2.24) is 4.72 Å². The van der Waals surface area contributed by atoms with Crippen LogP contribution in [0.2, 0.25) is 0 Å². The number of nitro benzene ring substituents is 1. The Hall–Kier alpha value is -1.71. The summed E-state index contributed by atoms with van der Waals surface area (Å²) in [6, 6.07) is 5.19. The number of rotatable bonds is 6. The van der Waals surface area contributed by atoms with Crippen LogP contribution in [0.4, 0.5) is 11.4 Å². The number of anilines is 1. The molecule has 1 aromatic carbocycles. The minimum absolute atomic E-state index is 0.0876. The molecule has 17 heavy (non-hydrogen) atoms. The number of hydrogen-bond acceptors (Lipinski definition) is 5. The van der Waals surface area contributed by atoms with E-state index in [1.54, 1.807) is 0 Å². The first-order valence-electron chi connectivity index (χ1n) is 4.66. The van der Waals surface area contributed by atoms with Crippen molar-refractivity contribution in [2.24, 2.45) is 5.73 Å². The maximum atomic E-state index is 11.4. The molecule has 94 valence electrons. The normalized spacial score (nSPS) is 11.1. The fourth-order valence-corrected chi connectivity index (χ4v) is 1.96. The van der Waals surface area contributed by atoms with E-state index in [0.717, 1.165) is 6.07 Å². The molecule has 1 aromatic rings. The van der Waals surface area contributed by atoms with Crippen molar-refractivity contribution in [3.8, 4) is 0 Å². The van der Waals surface area contributed by atoms with Gasteiger partial charge in [-0.3, -0.25) is 14.8 Å². The highest BCUT2D eigenvalue weighted by atomic mass is 32.2. The van der Waals surface area contributed by atoms with Gasteiger partial charge in [0.2, 0.25) is 0 Å². The Morgan fingerprint density at radius 1 is 1.41 bits per heavy atom. The highest BCUT2D eigenvalue weighted by molar-refractivity contribution is 7.90. The second-order valence-electron chi connectivity index (χ2n) is 3.10. The lowest BCUT2D eigenvalue weighted by Crippen LogP contribution is -2.33. The minimum atomic E-state index is -3.74. The summed E-state index contributed by atoms with van der Waals surface area (Å²) in [6.45, 7) is 0.250. The van der Waals surface area contributed by atoms with Crippen LogP contribution in [0.1, 0.15) is 0 Å². The van der Waals surface area contributed by atoms with E-state index in [2.05, 4.69) is 9.44 Å². The van der Waals surface area contributed by atoms with Gasteiger partial charge in [-0.05, 0) is 6.07 Å². The summed E-state index contributed by atoms with van der Waals surface area (Å²) in [5, 5.41) is 10.5. The third-order valence-electron chi connectivity index (χ3n) is 1.75. The standard InChI is InChI=1S/C8H12N4O4S/c9-4-5-10-17(15,16)11-7-2-1-3-8(6-7)12(13)14/h1-3,6,10-11H,4-5,9H2. The van der Waals surface area contributed by atoms with Gasteiger partial charge >= 0.3 is 0 Å². The van der Waals surface area contributed by atoms with E-state index in [-0.39, 0.29) is 24.5 Å². The molecule has 0 saturated heterocycles. The molecule has 0 bridgehead atoms. The van der Waals surface area contributed by atoms with E-state index < -0.39 is 15.1 Å². The van der Waals surface area contributed by atoms with Crippen molar-refractivity contribution in [3.63, 3.8) is 0 Å². The van der Waals surface area contributed by atoms with Crippen LogP contribution in [0.25, 0.3) is 0 Å². The Labute approximate surface area is 98.2 Å². The molecule has 0 aliphatic heterocycles. The molecule has 9 heteroatoms. The van der Waals surface area contributed by atoms with E-state index in [1.807, 2.05) is 0 Å². The molecule has 0 unspecified atom stereocenters. The first-order chi connectivity index (χ1) is 7.94. The SMILES string of the molecule is NCCNS(=O)(=O)Nc1cccc([N+](=O)[O-])c1. The molecule has 0 aliphatic carbocycles. The summed E-state index contributed by atoms with van der Waals surface area (Å²) in [4.78, 5) is 9.88. The topological polar surface area (TPSA) is 127 Å². The second kappa shape index (κ2) is 5.57. The largest absolute Gasteiger partial charge is 0.329 e. The molecule has 4 N–H and O–H groups in total. The molecule has 0 aromatic heterocycles. The van der Waals surface area contributed by atoms with Crippen molar-refractivity contribution in [3.05, 3.63) is 34.4 Å². The number of non-ortho nitro benzene ring substituents is 1. The first kappa shape index (κ1) is 13.4. The zero-order valence-electron chi connectivity index (χ0n) is 8.79. The average molecular weight is 260 g/mol. The molecule has 0 aliphatic rings. The van der Waals surface area contributed by atoms with Crippen LogP contribution in [0.15, 0.2) is 24.3 Å². The van der Waals surface area contributed by atoms with Gasteiger partial charge in [0.15, 0.2) is 0 Å². The molecule has 0 fully saturated rings. The van der Waals surface area contributed by atoms with Gasteiger partial charge < -0.3 is 5.73 Å². The number of hydrogen-bond donors (Lipinski definition) is 3. The number of nitrogens with zero attached hydrogens (tertiary/aromatic N) is 1. The molecule has 0 radical (unpaired) electrons. The Balaban J connectivity index is 2.81. The zero-order chi connectivity index (χ0) is 12.9. The lowest BCUT2D eigenvalue weighted by atomic mass is 10.3. The third kappa shape index (κ3) is 4.34. The van der Waals surface area contributed by atoms with Crippen molar-refractivity contribution >= 4 is 21.6 Å². The Kier molecular flexibility index (Phi) is 4.37. The predicted molar refractivity (Wildman–Crippen MR) is 62.7 cm³/mol. The van der Waals surface area contributed by atoms with Gasteiger partial charge in [0.05, 0.1) is 10.6 Å². The van der Waals surface area contributed by atoms with Gasteiger partial charge in [0.25, 0.3) is 15.9 Å². The molecular weight excluding hydrogens is 248 g/mol. The van der Waals surface area contributed by atoms with Crippen LogP contribution in [-0.2, 0) is 10.2 Å². The lowest BCUT2D eigenvalue weighted by Gasteiger charge is -2.07. The highest BCUT2D eigenvalue weighted by Crippen LogP contribution is 2.17. The van der Waals surface area contributed by atoms with E-state index in [1.165, 1.54) is 18.2 Å². The summed E-state index contributed by atoms with van der Waals surface area (Å²) < 4.78 is 27.1. The van der Waals surface area contributed by atoms with Crippen LogP contribution < -0.4 is 15.2 Å². The predicted octanol–water partition coefficient (Wildman–Crippen LogP) is -0.200. The summed E-state index contributed by atoms with van der Waals surface area (Å²) in [6.07, 6.45) is 0. The van der Waals surface area contributed by atoms with Crippen molar-refractivity contribution in [1.29, 1.82) is 0 Å². The van der Waals surface area contributed by atoms with Crippen LogP contribution in [0.5, 0.6) is 0 Å². The van der Waals surface area contributed by atoms with Gasteiger partial charge in [-0.15, -0.1) is 0 Å². The molecular formula is C8H12N4O4S. The van der Waals surface area contributed by atoms with E-state index in [9.17, 15) is 18.5 Å². The summed E-state index contributed by atoms with van der Waals surface area (Å²) in [7, 11) is -3.74. The average Bonchev–Trinajstić information content (AvgIpc) is 2.26. The van der Waals surface area contributed by atoms with Gasteiger partial charge in [0.1, 0.15) is 0 Å². The molecule has 0 amide bonds. The maximum Gasteiger partial charge on any atom is 0.299 e. The van der Waals surface area contributed by atoms with Crippen molar-refractivity contribution in [2.75, 3.05) is 17.8 Å². The van der Waals surface area contributed by atoms with E-state index >= 15 is 0 Å². The van der Waals surface area contributed by atoms with Crippen molar-refractivity contribution in [2.45, 2.75) is 0 Å². The summed E-state index contributed by atoms with van der Waals surface area (Å²) in [5.74, 6) is 0. The van der Waals surface area contributed by atoms with Crippen molar-refractivity contribution < 1.29 is 13.3 Å². The Bertz CT molecular complexity index is 502. The van der Waals surface area contributed by atoms with Crippen LogP contribution in [0, 0.1) is 10.1 Å². The van der Waals surface area contributed by atoms with Gasteiger partial charge in [-0.1, -0.05) is 6.07 Å². The third-order valence-corrected chi connectivity index (χ3v) is 2.83. The molecule has 0 spiro atoms. The highest BCUT2D eigenvalue weighted by Gasteiger charge is 2.11. The molecule has 1 rings (SSSR count). The van der Waals surface area contributed by atoms with Gasteiger partial charge in [-0.2, -0.15) is 13.1 Å². The smallest absolute Gasteiger partial charge is 0.299 e. The first-order valence-corrected chi connectivity index (χ1v) is 6.15. The van der Waals surface area contributed by atoms with Crippen LogP contribution in [0.3, 0.4) is 0 Å². The van der Waals surface area contributed by atoms with Gasteiger partial charge in [0, 0.05) is 25.2 Å². The monoisotopic (exact) mass is 260 g/mol. The van der Waals surface area contributed by atoms with Gasteiger partial charge in [-0.25, -0.2) is 0 Å². The number of nitrogens with two attached hydrogens (primary N) is 1. The minimum Gasteiger partial charge on any atom is -0.329 e. The molecule has 8 nitrogen and oxygen atoms in total. The summed E-state index contributed by atoms with van der Waals surface area (Å²) >= 11 is 0. The van der Waals surface area contributed by atoms with E-state index in [4.69, 9.17) is 5.73 Å². The van der Waals surface area contributed by atoms with Crippen LogP contribution >= 0.6 is 0 Å². The Morgan fingerprint density at radius 2 is 2.12 bits per heavy atom. The Morgan fingerprint density at radius 3 is 2.71 bits per heavy atom. The quantitative estimate of drug-likeness (QED) is 0.482. The van der Waals surface area contributed by atoms with E-state index in [0.29, 0.717) is 0 Å². The lowest BCUT2D eigenvalue weighted by molar-refractivity contribution is -0.384. The fourth-order valence-electron chi connectivity index (χ4n) is 1.07. The van der Waals surface area contributed by atoms with Crippen LogP contribution in [-0.4, -0.2) is 26.4 Å². The molecule has 0 atom stereocenters. The maximum absolute atomic E-state index is 11.4. The molecule has 0 heterocycles. The summed E-state index contributed by atoms with van der Waals surface area (Å²) in [5.41, 5.74) is 5.07.